The number of pyridine rings is 1. The zero-order valence-corrected chi connectivity index (χ0v) is 12.5. The van der Waals surface area contributed by atoms with Gasteiger partial charge in [0.1, 0.15) is 5.82 Å². The van der Waals surface area contributed by atoms with Gasteiger partial charge in [0.05, 0.1) is 10.7 Å². The van der Waals surface area contributed by atoms with Gasteiger partial charge in [-0.15, -0.1) is 0 Å². The molecule has 0 atom stereocenters. The van der Waals surface area contributed by atoms with Crippen molar-refractivity contribution >= 4 is 29.2 Å². The first-order valence-electron chi connectivity index (χ1n) is 6.38. The average molecular weight is 286 g/mol. The fourth-order valence-electron chi connectivity index (χ4n) is 1.87. The Morgan fingerprint density at radius 1 is 1.39 bits per heavy atom. The largest absolute Gasteiger partial charge is 0.355 e. The topological polar surface area (TPSA) is 28.2 Å². The Bertz CT molecular complexity index is 392. The number of thioether (sulfide) groups is 1. The Morgan fingerprint density at radius 3 is 2.78 bits per heavy atom. The van der Waals surface area contributed by atoms with Crippen LogP contribution < -0.4 is 10.2 Å². The van der Waals surface area contributed by atoms with Gasteiger partial charge in [-0.3, -0.25) is 0 Å². The molecule has 2 heterocycles. The molecule has 0 bridgehead atoms. The van der Waals surface area contributed by atoms with Crippen molar-refractivity contribution in [1.82, 2.24) is 10.3 Å². The maximum Gasteiger partial charge on any atom is 0.129 e. The van der Waals surface area contributed by atoms with Crippen LogP contribution in [-0.2, 0) is 6.54 Å². The maximum absolute atomic E-state index is 6.19. The van der Waals surface area contributed by atoms with Crippen molar-refractivity contribution in [3.05, 3.63) is 22.8 Å². The van der Waals surface area contributed by atoms with E-state index in [-0.39, 0.29) is 0 Å². The first-order chi connectivity index (χ1) is 8.66. The summed E-state index contributed by atoms with van der Waals surface area (Å²) in [5.74, 6) is 3.42. The van der Waals surface area contributed by atoms with Crippen molar-refractivity contribution < 1.29 is 0 Å². The number of hydrogen-bond acceptors (Lipinski definition) is 4. The number of nitrogens with zero attached hydrogens (tertiary/aromatic N) is 2. The monoisotopic (exact) mass is 285 g/mol. The highest BCUT2D eigenvalue weighted by Gasteiger charge is 2.14. The van der Waals surface area contributed by atoms with E-state index in [4.69, 9.17) is 16.6 Å². The van der Waals surface area contributed by atoms with Gasteiger partial charge in [-0.1, -0.05) is 25.4 Å². The fraction of sp³-hybridized carbons (Fsp3) is 0.615. The van der Waals surface area contributed by atoms with Crippen molar-refractivity contribution in [1.29, 1.82) is 0 Å². The van der Waals surface area contributed by atoms with Crippen LogP contribution in [-0.4, -0.2) is 35.6 Å². The van der Waals surface area contributed by atoms with Crippen LogP contribution in [0.2, 0.25) is 5.02 Å². The minimum absolute atomic E-state index is 0.443. The van der Waals surface area contributed by atoms with E-state index in [0.717, 1.165) is 36.2 Å². The zero-order chi connectivity index (χ0) is 13.0. The lowest BCUT2D eigenvalue weighted by Crippen LogP contribution is -2.33. The quantitative estimate of drug-likeness (QED) is 0.921. The second kappa shape index (κ2) is 6.64. The fourth-order valence-corrected chi connectivity index (χ4v) is 2.94. The van der Waals surface area contributed by atoms with E-state index in [0.29, 0.717) is 6.04 Å². The molecule has 5 heteroatoms. The third kappa shape index (κ3) is 3.77. The van der Waals surface area contributed by atoms with E-state index in [2.05, 4.69) is 24.1 Å². The predicted octanol–water partition coefficient (Wildman–Crippen LogP) is 2.79. The summed E-state index contributed by atoms with van der Waals surface area (Å²) >= 11 is 8.20. The molecular weight excluding hydrogens is 266 g/mol. The van der Waals surface area contributed by atoms with E-state index in [1.807, 2.05) is 23.9 Å². The third-order valence-corrected chi connectivity index (χ3v) is 4.20. The van der Waals surface area contributed by atoms with E-state index in [1.165, 1.54) is 11.5 Å². The summed E-state index contributed by atoms with van der Waals surface area (Å²) in [5, 5.41) is 4.11. The molecule has 1 aliphatic rings. The van der Waals surface area contributed by atoms with E-state index < -0.39 is 0 Å². The molecule has 0 unspecified atom stereocenters. The zero-order valence-electron chi connectivity index (χ0n) is 10.9. The van der Waals surface area contributed by atoms with Gasteiger partial charge < -0.3 is 10.2 Å². The summed E-state index contributed by atoms with van der Waals surface area (Å²) in [4.78, 5) is 7.03. The molecule has 18 heavy (non-hydrogen) atoms. The summed E-state index contributed by atoms with van der Waals surface area (Å²) in [7, 11) is 0. The number of aromatic nitrogens is 1. The van der Waals surface area contributed by atoms with Crippen molar-refractivity contribution in [2.45, 2.75) is 26.4 Å². The van der Waals surface area contributed by atoms with Crippen LogP contribution in [0.5, 0.6) is 0 Å². The SMILES string of the molecule is CC(C)NCc1nc(N2CCSCC2)ccc1Cl. The first kappa shape index (κ1) is 14.0. The summed E-state index contributed by atoms with van der Waals surface area (Å²) in [5.41, 5.74) is 0.945. The smallest absolute Gasteiger partial charge is 0.129 e. The highest BCUT2D eigenvalue weighted by molar-refractivity contribution is 7.99. The molecule has 0 saturated carbocycles. The Balaban J connectivity index is 2.09. The highest BCUT2D eigenvalue weighted by Crippen LogP contribution is 2.21. The van der Waals surface area contributed by atoms with Gasteiger partial charge in [-0.25, -0.2) is 4.98 Å². The van der Waals surface area contributed by atoms with Crippen LogP contribution in [0.1, 0.15) is 19.5 Å². The molecule has 3 nitrogen and oxygen atoms in total. The number of anilines is 1. The second-order valence-corrected chi connectivity index (χ2v) is 6.36. The first-order valence-corrected chi connectivity index (χ1v) is 7.91. The summed E-state index contributed by atoms with van der Waals surface area (Å²) in [6, 6.07) is 4.43. The number of rotatable bonds is 4. The molecule has 1 aromatic rings. The van der Waals surface area contributed by atoms with Crippen LogP contribution in [0.25, 0.3) is 0 Å². The molecule has 1 saturated heterocycles. The molecule has 1 N–H and O–H groups in total. The molecule has 0 aliphatic carbocycles. The lowest BCUT2D eigenvalue weighted by atomic mass is 10.3. The third-order valence-electron chi connectivity index (χ3n) is 2.92. The Hall–Kier alpha value is -0.450. The molecular formula is C13H20ClN3S. The number of halogens is 1. The molecule has 1 aromatic heterocycles. The second-order valence-electron chi connectivity index (χ2n) is 4.73. The van der Waals surface area contributed by atoms with Crippen molar-refractivity contribution in [3.8, 4) is 0 Å². The Morgan fingerprint density at radius 2 is 2.11 bits per heavy atom. The van der Waals surface area contributed by atoms with Crippen LogP contribution in [0.3, 0.4) is 0 Å². The summed E-state index contributed by atoms with van der Waals surface area (Å²) < 4.78 is 0. The van der Waals surface area contributed by atoms with Gasteiger partial charge in [-0.2, -0.15) is 11.8 Å². The standard InChI is InChI=1S/C13H20ClN3S/c1-10(2)15-9-12-11(14)3-4-13(16-12)17-5-7-18-8-6-17/h3-4,10,15H,5-9H2,1-2H3. The average Bonchev–Trinajstić information content (AvgIpc) is 2.38. The summed E-state index contributed by atoms with van der Waals surface area (Å²) in [6.07, 6.45) is 0. The van der Waals surface area contributed by atoms with Gasteiger partial charge in [0.15, 0.2) is 0 Å². The van der Waals surface area contributed by atoms with Gasteiger partial charge in [0.25, 0.3) is 0 Å². The van der Waals surface area contributed by atoms with Gasteiger partial charge in [-0.05, 0) is 12.1 Å². The lowest BCUT2D eigenvalue weighted by molar-refractivity contribution is 0.581. The Labute approximate surface area is 118 Å². The lowest BCUT2D eigenvalue weighted by Gasteiger charge is -2.28. The van der Waals surface area contributed by atoms with Crippen LogP contribution >= 0.6 is 23.4 Å². The van der Waals surface area contributed by atoms with Crippen LogP contribution in [0.15, 0.2) is 12.1 Å². The Kier molecular flexibility index (Phi) is 5.15. The van der Waals surface area contributed by atoms with Crippen molar-refractivity contribution in [2.75, 3.05) is 29.5 Å². The minimum atomic E-state index is 0.443. The minimum Gasteiger partial charge on any atom is -0.355 e. The molecule has 100 valence electrons. The number of hydrogen-bond donors (Lipinski definition) is 1. The van der Waals surface area contributed by atoms with Gasteiger partial charge in [0, 0.05) is 37.2 Å². The molecule has 0 radical (unpaired) electrons. The maximum atomic E-state index is 6.19. The van der Waals surface area contributed by atoms with Gasteiger partial charge in [0.2, 0.25) is 0 Å². The highest BCUT2D eigenvalue weighted by atomic mass is 35.5. The molecule has 1 aliphatic heterocycles. The number of nitrogens with one attached hydrogen (secondary N) is 1. The van der Waals surface area contributed by atoms with Crippen molar-refractivity contribution in [3.63, 3.8) is 0 Å². The predicted molar refractivity (Wildman–Crippen MR) is 80.8 cm³/mol. The van der Waals surface area contributed by atoms with E-state index in [1.54, 1.807) is 0 Å². The molecule has 0 amide bonds. The molecule has 0 spiro atoms. The molecule has 2 rings (SSSR count). The van der Waals surface area contributed by atoms with Crippen LogP contribution in [0.4, 0.5) is 5.82 Å². The van der Waals surface area contributed by atoms with E-state index >= 15 is 0 Å². The van der Waals surface area contributed by atoms with E-state index in [9.17, 15) is 0 Å². The van der Waals surface area contributed by atoms with Crippen LogP contribution in [0, 0.1) is 0 Å². The normalized spacial score (nSPS) is 16.3. The van der Waals surface area contributed by atoms with Crippen molar-refractivity contribution in [2.24, 2.45) is 0 Å². The molecule has 1 fully saturated rings. The summed E-state index contributed by atoms with van der Waals surface area (Å²) in [6.45, 7) is 7.14. The van der Waals surface area contributed by atoms with Gasteiger partial charge >= 0.3 is 0 Å². The molecule has 0 aromatic carbocycles.